The Labute approximate surface area is 114 Å². The van der Waals surface area contributed by atoms with E-state index in [4.69, 9.17) is 11.6 Å². The Balaban J connectivity index is 2.79. The van der Waals surface area contributed by atoms with E-state index in [0.717, 1.165) is 12.8 Å². The predicted molar refractivity (Wildman–Crippen MR) is 72.1 cm³/mol. The van der Waals surface area contributed by atoms with Gasteiger partial charge in [-0.25, -0.2) is 18.1 Å². The van der Waals surface area contributed by atoms with Crippen LogP contribution in [0, 0.1) is 5.41 Å². The molecule has 1 N–H and O–H groups in total. The lowest BCUT2D eigenvalue weighted by Gasteiger charge is -2.29. The van der Waals surface area contributed by atoms with Crippen LogP contribution >= 0.6 is 11.6 Å². The van der Waals surface area contributed by atoms with Crippen LogP contribution in [-0.2, 0) is 17.1 Å². The fourth-order valence-corrected chi connectivity index (χ4v) is 3.19. The minimum absolute atomic E-state index is 0.0423. The maximum Gasteiger partial charge on any atom is 0.259 e. The number of rotatable bonds is 7. The molecule has 18 heavy (non-hydrogen) atoms. The topological polar surface area (TPSA) is 64.0 Å². The van der Waals surface area contributed by atoms with Gasteiger partial charge in [-0.05, 0) is 18.3 Å². The van der Waals surface area contributed by atoms with Crippen LogP contribution in [0.3, 0.4) is 0 Å². The minimum Gasteiger partial charge on any atom is -0.339 e. The van der Waals surface area contributed by atoms with E-state index in [1.54, 1.807) is 11.6 Å². The van der Waals surface area contributed by atoms with Gasteiger partial charge in [0.25, 0.3) is 10.0 Å². The molecule has 0 atom stereocenters. The van der Waals surface area contributed by atoms with Crippen molar-refractivity contribution in [2.45, 2.75) is 31.7 Å². The van der Waals surface area contributed by atoms with Crippen LogP contribution in [0.2, 0.25) is 0 Å². The summed E-state index contributed by atoms with van der Waals surface area (Å²) in [7, 11) is -1.81. The van der Waals surface area contributed by atoms with Crippen LogP contribution in [0.1, 0.15) is 26.7 Å². The number of alkyl halides is 1. The van der Waals surface area contributed by atoms with E-state index in [1.165, 1.54) is 12.5 Å². The minimum atomic E-state index is -3.54. The van der Waals surface area contributed by atoms with E-state index >= 15 is 0 Å². The molecule has 0 aliphatic heterocycles. The number of nitrogens with one attached hydrogen (secondary N) is 1. The van der Waals surface area contributed by atoms with Gasteiger partial charge in [0.05, 0.1) is 6.33 Å². The van der Waals surface area contributed by atoms with Crippen molar-refractivity contribution in [3.63, 3.8) is 0 Å². The Hall–Kier alpha value is -0.590. The summed E-state index contributed by atoms with van der Waals surface area (Å²) >= 11 is 5.95. The van der Waals surface area contributed by atoms with Crippen molar-refractivity contribution in [3.8, 4) is 0 Å². The van der Waals surface area contributed by atoms with Gasteiger partial charge in [-0.1, -0.05) is 13.8 Å². The Bertz CT molecular complexity index is 472. The summed E-state index contributed by atoms with van der Waals surface area (Å²) in [6.07, 6.45) is 4.60. The summed E-state index contributed by atoms with van der Waals surface area (Å²) in [4.78, 5) is 3.85. The first kappa shape index (κ1) is 15.5. The molecule has 0 aliphatic carbocycles. The largest absolute Gasteiger partial charge is 0.339 e. The molecule has 1 aromatic rings. The van der Waals surface area contributed by atoms with Crippen LogP contribution in [0.5, 0.6) is 0 Å². The lowest BCUT2D eigenvalue weighted by atomic mass is 9.85. The van der Waals surface area contributed by atoms with Gasteiger partial charge < -0.3 is 4.57 Å². The summed E-state index contributed by atoms with van der Waals surface area (Å²) in [5.41, 5.74) is -0.191. The third-order valence-corrected chi connectivity index (χ3v) is 5.23. The van der Waals surface area contributed by atoms with Gasteiger partial charge in [0, 0.05) is 25.7 Å². The molecule has 1 heterocycles. The number of hydrogen-bond donors (Lipinski definition) is 1. The molecular formula is C11H20ClN3O2S. The first-order chi connectivity index (χ1) is 8.39. The molecule has 0 aromatic carbocycles. The van der Waals surface area contributed by atoms with Crippen LogP contribution in [0.25, 0.3) is 0 Å². The van der Waals surface area contributed by atoms with Gasteiger partial charge in [0.15, 0.2) is 5.03 Å². The van der Waals surface area contributed by atoms with Crippen LogP contribution in [0.15, 0.2) is 17.6 Å². The predicted octanol–water partition coefficient (Wildman–Crippen LogP) is 1.74. The number of aromatic nitrogens is 2. The summed E-state index contributed by atoms with van der Waals surface area (Å²) in [5, 5.41) is 0.0423. The highest BCUT2D eigenvalue weighted by atomic mass is 35.5. The van der Waals surface area contributed by atoms with Crippen molar-refractivity contribution in [2.24, 2.45) is 12.5 Å². The smallest absolute Gasteiger partial charge is 0.259 e. The number of nitrogens with zero attached hydrogens (tertiary/aromatic N) is 2. The second kappa shape index (κ2) is 6.04. The van der Waals surface area contributed by atoms with Crippen LogP contribution < -0.4 is 4.72 Å². The average molecular weight is 294 g/mol. The quantitative estimate of drug-likeness (QED) is 0.779. The van der Waals surface area contributed by atoms with Crippen molar-refractivity contribution >= 4 is 21.6 Å². The first-order valence-corrected chi connectivity index (χ1v) is 7.94. The van der Waals surface area contributed by atoms with Gasteiger partial charge >= 0.3 is 0 Å². The van der Waals surface area contributed by atoms with E-state index in [0.29, 0.717) is 12.4 Å². The molecule has 5 nitrogen and oxygen atoms in total. The van der Waals surface area contributed by atoms with E-state index in [9.17, 15) is 8.42 Å². The molecule has 0 saturated heterocycles. The Kier molecular flexibility index (Phi) is 5.19. The first-order valence-electron chi connectivity index (χ1n) is 5.92. The summed E-state index contributed by atoms with van der Waals surface area (Å²) in [5.74, 6) is 0.435. The maximum absolute atomic E-state index is 12.0. The number of imidazole rings is 1. The van der Waals surface area contributed by atoms with E-state index in [-0.39, 0.29) is 10.4 Å². The summed E-state index contributed by atoms with van der Waals surface area (Å²) in [6.45, 7) is 4.37. The second-order valence-corrected chi connectivity index (χ2v) is 6.52. The third-order valence-electron chi connectivity index (χ3n) is 3.38. The van der Waals surface area contributed by atoms with E-state index in [1.807, 2.05) is 13.8 Å². The van der Waals surface area contributed by atoms with E-state index in [2.05, 4.69) is 9.71 Å². The number of sulfonamides is 1. The second-order valence-electron chi connectivity index (χ2n) is 4.54. The highest BCUT2D eigenvalue weighted by Crippen LogP contribution is 2.27. The Morgan fingerprint density at radius 1 is 1.44 bits per heavy atom. The number of aryl methyl sites for hydroxylation is 1. The highest BCUT2D eigenvalue weighted by Gasteiger charge is 2.28. The highest BCUT2D eigenvalue weighted by molar-refractivity contribution is 7.89. The average Bonchev–Trinajstić information content (AvgIpc) is 2.79. The Morgan fingerprint density at radius 2 is 2.06 bits per heavy atom. The molecule has 104 valence electrons. The SMILES string of the molecule is CCC(CC)(CCl)CNS(=O)(=O)c1cn(C)cn1. The molecule has 0 saturated carbocycles. The molecule has 0 fully saturated rings. The van der Waals surface area contributed by atoms with Crippen molar-refractivity contribution in [1.82, 2.24) is 14.3 Å². The Morgan fingerprint density at radius 3 is 2.44 bits per heavy atom. The van der Waals surface area contributed by atoms with Gasteiger partial charge in [-0.15, -0.1) is 11.6 Å². The lowest BCUT2D eigenvalue weighted by Crippen LogP contribution is -2.38. The fourth-order valence-electron chi connectivity index (χ4n) is 1.59. The number of halogens is 1. The van der Waals surface area contributed by atoms with Crippen molar-refractivity contribution in [3.05, 3.63) is 12.5 Å². The van der Waals surface area contributed by atoms with Gasteiger partial charge in [0.1, 0.15) is 0 Å². The normalized spacial score (nSPS) is 12.9. The molecule has 0 radical (unpaired) electrons. The lowest BCUT2D eigenvalue weighted by molar-refractivity contribution is 0.304. The number of hydrogen-bond acceptors (Lipinski definition) is 3. The zero-order chi connectivity index (χ0) is 13.8. The van der Waals surface area contributed by atoms with Gasteiger partial charge in [-0.3, -0.25) is 0 Å². The summed E-state index contributed by atoms with van der Waals surface area (Å²) < 4.78 is 28.2. The van der Waals surface area contributed by atoms with E-state index < -0.39 is 10.0 Å². The van der Waals surface area contributed by atoms with Crippen LogP contribution in [-0.4, -0.2) is 30.4 Å². The molecule has 1 rings (SSSR count). The van der Waals surface area contributed by atoms with Gasteiger partial charge in [-0.2, -0.15) is 0 Å². The monoisotopic (exact) mass is 293 g/mol. The molecule has 0 spiro atoms. The maximum atomic E-state index is 12.0. The molecule has 0 aliphatic rings. The molecule has 7 heteroatoms. The third kappa shape index (κ3) is 3.46. The molecule has 0 unspecified atom stereocenters. The molecular weight excluding hydrogens is 274 g/mol. The van der Waals surface area contributed by atoms with Gasteiger partial charge in [0.2, 0.25) is 0 Å². The zero-order valence-electron chi connectivity index (χ0n) is 11.0. The van der Waals surface area contributed by atoms with Crippen molar-refractivity contribution in [1.29, 1.82) is 0 Å². The van der Waals surface area contributed by atoms with Crippen molar-refractivity contribution < 1.29 is 8.42 Å². The molecule has 1 aromatic heterocycles. The molecule has 0 bridgehead atoms. The molecule has 0 amide bonds. The fraction of sp³-hybridized carbons (Fsp3) is 0.727. The zero-order valence-corrected chi connectivity index (χ0v) is 12.6. The van der Waals surface area contributed by atoms with Crippen molar-refractivity contribution in [2.75, 3.05) is 12.4 Å². The summed E-state index contributed by atoms with van der Waals surface area (Å²) in [6, 6.07) is 0. The standard InChI is InChI=1S/C11H20ClN3O2S/c1-4-11(5-2,7-12)8-14-18(16,17)10-6-15(3)9-13-10/h6,9,14H,4-5,7-8H2,1-3H3. The van der Waals surface area contributed by atoms with Crippen LogP contribution in [0.4, 0.5) is 0 Å².